The molecule has 1 aliphatic rings. The number of hydrogen-bond donors (Lipinski definition) is 1. The summed E-state index contributed by atoms with van der Waals surface area (Å²) in [6.45, 7) is 4.99. The van der Waals surface area contributed by atoms with Crippen molar-refractivity contribution in [2.24, 2.45) is 0 Å². The zero-order valence-corrected chi connectivity index (χ0v) is 16.8. The van der Waals surface area contributed by atoms with E-state index in [2.05, 4.69) is 36.3 Å². The van der Waals surface area contributed by atoms with Gasteiger partial charge in [0.05, 0.1) is 5.54 Å². The molecule has 1 aliphatic heterocycles. The van der Waals surface area contributed by atoms with E-state index >= 15 is 0 Å². The Kier molecular flexibility index (Phi) is 4.69. The molecule has 1 saturated heterocycles. The summed E-state index contributed by atoms with van der Waals surface area (Å²) in [6.07, 6.45) is 1.39. The number of carbonyl (C=O) groups is 1. The van der Waals surface area contributed by atoms with Crippen molar-refractivity contribution in [1.29, 1.82) is 0 Å². The van der Waals surface area contributed by atoms with Crippen molar-refractivity contribution in [2.45, 2.75) is 32.2 Å². The molecule has 1 amide bonds. The molecule has 0 bridgehead atoms. The van der Waals surface area contributed by atoms with Gasteiger partial charge in [0.25, 0.3) is 11.7 Å². The van der Waals surface area contributed by atoms with E-state index < -0.39 is 5.54 Å². The normalized spacial score (nSPS) is 16.4. The van der Waals surface area contributed by atoms with Gasteiger partial charge in [-0.1, -0.05) is 28.1 Å². The molecule has 1 fully saturated rings. The Morgan fingerprint density at radius 3 is 2.74 bits per heavy atom. The molecular weight excluding hydrogens is 410 g/mol. The second-order valence-electron chi connectivity index (χ2n) is 6.85. The van der Waals surface area contributed by atoms with Gasteiger partial charge < -0.3 is 10.1 Å². The van der Waals surface area contributed by atoms with Crippen molar-refractivity contribution < 1.29 is 9.53 Å². The molecule has 1 aromatic carbocycles. The Morgan fingerprint density at radius 1 is 1.22 bits per heavy atom. The fourth-order valence-electron chi connectivity index (χ4n) is 3.53. The van der Waals surface area contributed by atoms with Gasteiger partial charge in [0.15, 0.2) is 0 Å². The summed E-state index contributed by atoms with van der Waals surface area (Å²) >= 11 is 3.52. The molecule has 0 unspecified atom stereocenters. The lowest BCUT2D eigenvalue weighted by Gasteiger charge is -2.38. The van der Waals surface area contributed by atoms with Crippen molar-refractivity contribution in [1.82, 2.24) is 24.9 Å². The number of benzene rings is 1. The van der Waals surface area contributed by atoms with E-state index in [9.17, 15) is 4.79 Å². The van der Waals surface area contributed by atoms with Gasteiger partial charge in [0.2, 0.25) is 5.82 Å². The van der Waals surface area contributed by atoms with Crippen LogP contribution in [0.1, 0.15) is 40.4 Å². The van der Waals surface area contributed by atoms with Crippen LogP contribution < -0.4 is 5.32 Å². The summed E-state index contributed by atoms with van der Waals surface area (Å²) in [7, 11) is 0. The summed E-state index contributed by atoms with van der Waals surface area (Å²) in [5.74, 6) is 0.248. The van der Waals surface area contributed by atoms with Crippen LogP contribution in [-0.4, -0.2) is 38.7 Å². The van der Waals surface area contributed by atoms with Crippen molar-refractivity contribution >= 4 is 27.6 Å². The van der Waals surface area contributed by atoms with Gasteiger partial charge >= 0.3 is 0 Å². The fourth-order valence-corrected chi connectivity index (χ4v) is 3.93. The van der Waals surface area contributed by atoms with Crippen LogP contribution in [0.5, 0.6) is 0 Å². The van der Waals surface area contributed by atoms with E-state index in [1.165, 1.54) is 0 Å². The second-order valence-corrected chi connectivity index (χ2v) is 7.76. The van der Waals surface area contributed by atoms with Gasteiger partial charge in [-0.3, -0.25) is 4.79 Å². The highest BCUT2D eigenvalue weighted by Crippen LogP contribution is 2.33. The number of carbonyl (C=O) groups excluding carboxylic acids is 1. The number of rotatable bonds is 3. The molecule has 0 spiro atoms. The average molecular weight is 430 g/mol. The third-order valence-electron chi connectivity index (χ3n) is 4.90. The lowest BCUT2D eigenvalue weighted by atomic mass is 9.82. The minimum atomic E-state index is -0.505. The van der Waals surface area contributed by atoms with E-state index in [0.29, 0.717) is 31.8 Å². The molecule has 0 saturated carbocycles. The smallest absolute Gasteiger partial charge is 0.291 e. The maximum absolute atomic E-state index is 13.0. The zero-order chi connectivity index (χ0) is 19.0. The number of halogens is 1. The molecule has 3 heterocycles. The number of nitrogens with one attached hydrogen (secondary N) is 1. The van der Waals surface area contributed by atoms with Crippen LogP contribution in [0.15, 0.2) is 34.8 Å². The Morgan fingerprint density at radius 2 is 2.00 bits per heavy atom. The topological polar surface area (TPSA) is 81.4 Å². The standard InChI is InChI=1S/C19H20BrN5O2/c1-12-10-13(2)25-18(21-12)22-16(24-25)17(26)23-19(6-8-27-9-7-19)14-4-3-5-15(20)11-14/h3-5,10-11H,6-9H2,1-2H3,(H,23,26). The first-order valence-corrected chi connectivity index (χ1v) is 9.63. The van der Waals surface area contributed by atoms with Crippen molar-refractivity contribution in [3.05, 3.63) is 57.6 Å². The summed E-state index contributed by atoms with van der Waals surface area (Å²) in [5.41, 5.74) is 2.27. The first kappa shape index (κ1) is 18.1. The minimum absolute atomic E-state index is 0.122. The molecule has 3 aromatic rings. The van der Waals surface area contributed by atoms with Crippen LogP contribution in [0.4, 0.5) is 0 Å². The predicted molar refractivity (Wildman–Crippen MR) is 104 cm³/mol. The molecule has 0 atom stereocenters. The number of aromatic nitrogens is 4. The van der Waals surface area contributed by atoms with Crippen LogP contribution in [0.3, 0.4) is 0 Å². The highest BCUT2D eigenvalue weighted by Gasteiger charge is 2.37. The molecule has 0 radical (unpaired) electrons. The number of ether oxygens (including phenoxy) is 1. The van der Waals surface area contributed by atoms with E-state index in [1.54, 1.807) is 4.52 Å². The largest absolute Gasteiger partial charge is 0.381 e. The summed E-state index contributed by atoms with van der Waals surface area (Å²) in [5, 5.41) is 7.53. The van der Waals surface area contributed by atoms with Crippen LogP contribution in [-0.2, 0) is 10.3 Å². The Bertz CT molecular complexity index is 1010. The highest BCUT2D eigenvalue weighted by atomic mass is 79.9. The number of amides is 1. The van der Waals surface area contributed by atoms with E-state index in [-0.39, 0.29) is 11.7 Å². The lowest BCUT2D eigenvalue weighted by molar-refractivity contribution is 0.0342. The Labute approximate surface area is 165 Å². The van der Waals surface area contributed by atoms with Crippen LogP contribution in [0.2, 0.25) is 0 Å². The van der Waals surface area contributed by atoms with E-state index in [4.69, 9.17) is 4.74 Å². The second kappa shape index (κ2) is 7.01. The maximum Gasteiger partial charge on any atom is 0.291 e. The Balaban J connectivity index is 1.69. The number of fused-ring (bicyclic) bond motifs is 1. The van der Waals surface area contributed by atoms with Gasteiger partial charge in [-0.15, -0.1) is 5.10 Å². The molecule has 2 aromatic heterocycles. The molecule has 0 aliphatic carbocycles. The SMILES string of the molecule is Cc1cc(C)n2nc(C(=O)NC3(c4cccc(Br)c4)CCOCC3)nc2n1. The van der Waals surface area contributed by atoms with Crippen LogP contribution >= 0.6 is 15.9 Å². The summed E-state index contributed by atoms with van der Waals surface area (Å²) in [6, 6.07) is 9.92. The number of aryl methyl sites for hydroxylation is 2. The number of hydrogen-bond acceptors (Lipinski definition) is 5. The minimum Gasteiger partial charge on any atom is -0.381 e. The average Bonchev–Trinajstić information content (AvgIpc) is 3.07. The Hall–Kier alpha value is -2.32. The number of nitrogens with zero attached hydrogens (tertiary/aromatic N) is 4. The summed E-state index contributed by atoms with van der Waals surface area (Å²) < 4.78 is 8.10. The first-order chi connectivity index (χ1) is 13.0. The molecule has 27 heavy (non-hydrogen) atoms. The lowest BCUT2D eigenvalue weighted by Crippen LogP contribution is -2.49. The van der Waals surface area contributed by atoms with E-state index in [0.717, 1.165) is 21.4 Å². The molecule has 7 nitrogen and oxygen atoms in total. The molecular formula is C19H20BrN5O2. The van der Waals surface area contributed by atoms with Crippen molar-refractivity contribution in [2.75, 3.05) is 13.2 Å². The van der Waals surface area contributed by atoms with Gasteiger partial charge in [-0.2, -0.15) is 4.98 Å². The van der Waals surface area contributed by atoms with E-state index in [1.807, 2.05) is 44.2 Å². The molecule has 140 valence electrons. The molecule has 8 heteroatoms. The maximum atomic E-state index is 13.0. The fraction of sp³-hybridized carbons (Fsp3) is 0.368. The third-order valence-corrected chi connectivity index (χ3v) is 5.39. The van der Waals surface area contributed by atoms with Crippen LogP contribution in [0, 0.1) is 13.8 Å². The van der Waals surface area contributed by atoms with Gasteiger partial charge in [0, 0.05) is 29.1 Å². The third kappa shape index (κ3) is 3.46. The van der Waals surface area contributed by atoms with Gasteiger partial charge in [0.1, 0.15) is 0 Å². The van der Waals surface area contributed by atoms with Gasteiger partial charge in [-0.25, -0.2) is 9.50 Å². The predicted octanol–water partition coefficient (Wildman–Crippen LogP) is 2.94. The van der Waals surface area contributed by atoms with Crippen LogP contribution in [0.25, 0.3) is 5.78 Å². The van der Waals surface area contributed by atoms with Crippen molar-refractivity contribution in [3.8, 4) is 0 Å². The molecule has 4 rings (SSSR count). The quantitative estimate of drug-likeness (QED) is 0.691. The monoisotopic (exact) mass is 429 g/mol. The molecule has 1 N–H and O–H groups in total. The van der Waals surface area contributed by atoms with Gasteiger partial charge in [-0.05, 0) is 50.5 Å². The highest BCUT2D eigenvalue weighted by molar-refractivity contribution is 9.10. The summed E-state index contributed by atoms with van der Waals surface area (Å²) in [4.78, 5) is 21.7. The first-order valence-electron chi connectivity index (χ1n) is 8.84. The zero-order valence-electron chi connectivity index (χ0n) is 15.2. The van der Waals surface area contributed by atoms with Crippen molar-refractivity contribution in [3.63, 3.8) is 0 Å².